The molecule has 0 aliphatic heterocycles. The van der Waals surface area contributed by atoms with Crippen molar-refractivity contribution in [2.45, 2.75) is 19.4 Å². The van der Waals surface area contributed by atoms with Crippen LogP contribution in [0.25, 0.3) is 15.0 Å². The van der Waals surface area contributed by atoms with E-state index in [1.165, 1.54) is 15.0 Å². The zero-order valence-corrected chi connectivity index (χ0v) is 17.1. The van der Waals surface area contributed by atoms with Gasteiger partial charge in [0.1, 0.15) is 11.0 Å². The summed E-state index contributed by atoms with van der Waals surface area (Å²) in [5.74, 6) is -0.364. The summed E-state index contributed by atoms with van der Waals surface area (Å²) < 4.78 is 7.08. The Hall–Kier alpha value is -3.42. The first-order valence-corrected chi connectivity index (χ1v) is 10.6. The Balaban J connectivity index is 1.54. The molecule has 4 aromatic rings. The first kappa shape index (κ1) is 18.9. The molecule has 3 nitrogen and oxygen atoms in total. The Labute approximate surface area is 172 Å². The molecule has 0 saturated heterocycles. The minimum atomic E-state index is -0.793. The van der Waals surface area contributed by atoms with Crippen molar-refractivity contribution >= 4 is 26.5 Å². The highest BCUT2D eigenvalue weighted by molar-refractivity contribution is 7.43. The van der Waals surface area contributed by atoms with Crippen molar-refractivity contribution in [3.05, 3.63) is 101 Å². The van der Waals surface area contributed by atoms with Crippen molar-refractivity contribution in [1.82, 2.24) is 0 Å². The largest absolute Gasteiger partial charge is 0.451 e. The number of carbonyl (C=O) groups is 1. The van der Waals surface area contributed by atoms with E-state index in [0.717, 1.165) is 5.56 Å². The van der Waals surface area contributed by atoms with Gasteiger partial charge in [0.25, 0.3) is 0 Å². The van der Waals surface area contributed by atoms with Gasteiger partial charge < -0.3 is 4.74 Å². The van der Waals surface area contributed by atoms with Gasteiger partial charge in [-0.3, -0.25) is 0 Å². The van der Waals surface area contributed by atoms with Crippen LogP contribution in [0.15, 0.2) is 84.2 Å². The Morgan fingerprint density at radius 1 is 0.931 bits per heavy atom. The number of benzene rings is 3. The number of esters is 1. The normalized spacial score (nSPS) is 11.8. The maximum Gasteiger partial charge on any atom is 0.338 e. The van der Waals surface area contributed by atoms with Crippen molar-refractivity contribution in [2.75, 3.05) is 0 Å². The molecule has 0 radical (unpaired) electrons. The highest BCUT2D eigenvalue weighted by atomic mass is 32.2. The average molecular weight is 399 g/mol. The van der Waals surface area contributed by atoms with Gasteiger partial charge in [-0.15, -0.1) is 0 Å². The molecule has 1 atom stereocenters. The quantitative estimate of drug-likeness (QED) is 0.290. The van der Waals surface area contributed by atoms with Gasteiger partial charge in [-0.1, -0.05) is 24.3 Å². The molecule has 0 aliphatic carbocycles. The molecule has 4 rings (SSSR count). The fourth-order valence-electron chi connectivity index (χ4n) is 3.27. The number of carbonyl (C=O) groups excluding carboxylic acids is 1. The number of rotatable bonds is 4. The van der Waals surface area contributed by atoms with Gasteiger partial charge in [0.2, 0.25) is 0 Å². The van der Waals surface area contributed by atoms with Crippen LogP contribution in [0.1, 0.15) is 35.3 Å². The molecule has 0 N–H and O–H groups in total. The zero-order valence-electron chi connectivity index (χ0n) is 16.3. The van der Waals surface area contributed by atoms with Gasteiger partial charge >= 0.3 is 5.97 Å². The Kier molecular flexibility index (Phi) is 4.92. The van der Waals surface area contributed by atoms with E-state index in [2.05, 4.69) is 35.7 Å². The molecular weight excluding hydrogens is 378 g/mol. The molecule has 0 bridgehead atoms. The van der Waals surface area contributed by atoms with Crippen LogP contribution in [0.5, 0.6) is 0 Å². The van der Waals surface area contributed by atoms with Gasteiger partial charge in [0.05, 0.1) is 17.2 Å². The average Bonchev–Trinajstić information content (AvgIpc) is 3.18. The van der Waals surface area contributed by atoms with Crippen LogP contribution in [-0.4, -0.2) is 5.97 Å². The standard InChI is InChI=1S/C25H20NO2S/c1-25(2,21-11-7-18(17-26)8-12-21)28-24(27)20-9-13-22(14-10-20)29-16-15-19-5-3-4-6-23(19)29/h3-16H,1-2H3/q+1. The van der Waals surface area contributed by atoms with Crippen molar-refractivity contribution in [2.24, 2.45) is 0 Å². The number of nitriles is 1. The van der Waals surface area contributed by atoms with E-state index in [9.17, 15) is 4.79 Å². The smallest absolute Gasteiger partial charge is 0.338 e. The number of fused-ring (bicyclic) bond motifs is 1. The third-order valence-corrected chi connectivity index (χ3v) is 6.97. The van der Waals surface area contributed by atoms with Crippen molar-refractivity contribution in [1.29, 1.82) is 5.26 Å². The van der Waals surface area contributed by atoms with Crippen LogP contribution in [0, 0.1) is 11.3 Å². The molecule has 0 fully saturated rings. The molecule has 0 saturated carbocycles. The molecule has 142 valence electrons. The summed E-state index contributed by atoms with van der Waals surface area (Å²) >= 11 is 0. The summed E-state index contributed by atoms with van der Waals surface area (Å²) in [5.41, 5.74) is 1.15. The minimum Gasteiger partial charge on any atom is -0.451 e. The predicted octanol–water partition coefficient (Wildman–Crippen LogP) is 6.54. The van der Waals surface area contributed by atoms with Crippen LogP contribution >= 0.6 is 10.5 Å². The summed E-state index contributed by atoms with van der Waals surface area (Å²) in [6.45, 7) is 3.70. The number of thiophene rings is 1. The molecule has 1 aromatic heterocycles. The van der Waals surface area contributed by atoms with Crippen LogP contribution < -0.4 is 0 Å². The monoisotopic (exact) mass is 398 g/mol. The Morgan fingerprint density at radius 3 is 2.31 bits per heavy atom. The summed E-state index contributed by atoms with van der Waals surface area (Å²) in [6, 6.07) is 27.4. The van der Waals surface area contributed by atoms with Crippen molar-refractivity contribution < 1.29 is 9.53 Å². The zero-order chi connectivity index (χ0) is 20.4. The predicted molar refractivity (Wildman–Crippen MR) is 117 cm³/mol. The van der Waals surface area contributed by atoms with E-state index in [1.807, 2.05) is 56.3 Å². The van der Waals surface area contributed by atoms with E-state index < -0.39 is 5.60 Å². The fraction of sp³-hybridized carbons (Fsp3) is 0.120. The lowest BCUT2D eigenvalue weighted by Gasteiger charge is -2.25. The SMILES string of the molecule is CC(C)(OC(=O)c1ccc(-[s+]2ccc3ccccc32)cc1)c1ccc(C#N)cc1. The third kappa shape index (κ3) is 3.78. The van der Waals surface area contributed by atoms with Crippen LogP contribution in [0.4, 0.5) is 0 Å². The van der Waals surface area contributed by atoms with Gasteiger partial charge in [0, 0.05) is 21.9 Å². The topological polar surface area (TPSA) is 50.1 Å². The van der Waals surface area contributed by atoms with Gasteiger partial charge in [-0.2, -0.15) is 5.26 Å². The molecule has 3 aromatic carbocycles. The summed E-state index contributed by atoms with van der Waals surface area (Å²) in [6.07, 6.45) is 0. The number of hydrogen-bond donors (Lipinski definition) is 0. The first-order chi connectivity index (χ1) is 14.0. The van der Waals surface area contributed by atoms with Crippen LogP contribution in [0.3, 0.4) is 0 Å². The first-order valence-electron chi connectivity index (χ1n) is 9.32. The van der Waals surface area contributed by atoms with E-state index in [4.69, 9.17) is 10.00 Å². The van der Waals surface area contributed by atoms with Crippen LogP contribution in [-0.2, 0) is 10.3 Å². The van der Waals surface area contributed by atoms with Crippen molar-refractivity contribution in [3.63, 3.8) is 0 Å². The van der Waals surface area contributed by atoms with Crippen molar-refractivity contribution in [3.8, 4) is 11.0 Å². The molecule has 4 heteroatoms. The maximum atomic E-state index is 12.7. The van der Waals surface area contributed by atoms with E-state index in [1.54, 1.807) is 12.1 Å². The van der Waals surface area contributed by atoms with E-state index >= 15 is 0 Å². The van der Waals surface area contributed by atoms with E-state index in [0.29, 0.717) is 11.1 Å². The number of nitrogens with zero attached hydrogens (tertiary/aromatic N) is 1. The molecule has 0 amide bonds. The summed E-state index contributed by atoms with van der Waals surface area (Å²) in [4.78, 5) is 13.9. The van der Waals surface area contributed by atoms with Gasteiger partial charge in [0.15, 0.2) is 9.60 Å². The molecular formula is C25H20NO2S+. The highest BCUT2D eigenvalue weighted by Gasteiger charge is 2.26. The maximum absolute atomic E-state index is 12.7. The van der Waals surface area contributed by atoms with Gasteiger partial charge in [-0.25, -0.2) is 4.79 Å². The number of ether oxygens (including phenoxy) is 1. The third-order valence-electron chi connectivity index (χ3n) is 4.94. The second-order valence-corrected chi connectivity index (χ2v) is 9.15. The molecule has 1 unspecified atom stereocenters. The Morgan fingerprint density at radius 2 is 1.62 bits per heavy atom. The second kappa shape index (κ2) is 7.54. The summed E-state index contributed by atoms with van der Waals surface area (Å²) in [7, 11) is -0.0981. The van der Waals surface area contributed by atoms with Crippen LogP contribution in [0.2, 0.25) is 0 Å². The van der Waals surface area contributed by atoms with Gasteiger partial charge in [-0.05, 0) is 67.9 Å². The molecule has 0 spiro atoms. The lowest BCUT2D eigenvalue weighted by molar-refractivity contribution is -0.00312. The fourth-order valence-corrected chi connectivity index (χ4v) is 5.16. The molecule has 1 heterocycles. The minimum absolute atomic E-state index is 0.0981. The number of hydrogen-bond acceptors (Lipinski definition) is 3. The lowest BCUT2D eigenvalue weighted by Crippen LogP contribution is -2.25. The second-order valence-electron chi connectivity index (χ2n) is 7.29. The molecule has 0 aliphatic rings. The lowest BCUT2D eigenvalue weighted by atomic mass is 9.97. The molecule has 29 heavy (non-hydrogen) atoms. The summed E-state index contributed by atoms with van der Waals surface area (Å²) in [5, 5.41) is 12.4. The highest BCUT2D eigenvalue weighted by Crippen LogP contribution is 2.39. The Bertz CT molecular complexity index is 1210. The van der Waals surface area contributed by atoms with E-state index in [-0.39, 0.29) is 16.4 Å².